The SMILES string of the molecule is CCCN(C(=O)N(CCC)c1cccc(N(CCC)C(=O)N(CCC)c2cccc(N(CCC)C(=O)N(CC(C)OCCOCCOC)c3cccc(N(C[C@@H](C)OCCOCCOC)C(=O)N(CCC)c4cccc(N(CCC)C(=O)N(CCC)c5cccc(N(CCC)C(=O)N(CCC)c6ccccc6)c5)c4)c3)c2)c1)c1ccccc1. The summed E-state index contributed by atoms with van der Waals surface area (Å²) >= 11 is 0. The Bertz CT molecular complexity index is 3870. The summed E-state index contributed by atoms with van der Waals surface area (Å²) in [5, 5.41) is 0. The normalized spacial score (nSPS) is 11.6. The van der Waals surface area contributed by atoms with Gasteiger partial charge in [0.05, 0.1) is 78.2 Å². The number of anilines is 12. The van der Waals surface area contributed by atoms with Crippen LogP contribution in [0.5, 0.6) is 0 Å². The minimum absolute atomic E-state index is 0.0822. The van der Waals surface area contributed by atoms with Crippen LogP contribution in [0, 0.1) is 0 Å². The molecule has 0 heterocycles. The predicted molar refractivity (Wildman–Crippen MR) is 485 cm³/mol. The molecule has 12 amide bonds. The number of benzene rings is 7. The van der Waals surface area contributed by atoms with E-state index >= 15 is 19.2 Å². The smallest absolute Gasteiger partial charge is 0.329 e. The zero-order chi connectivity index (χ0) is 85.1. The molecule has 24 nitrogen and oxygen atoms in total. The molecule has 7 rings (SSSR count). The number of urea groups is 6. The Labute approximate surface area is 704 Å². The van der Waals surface area contributed by atoms with E-state index in [-0.39, 0.29) is 62.5 Å². The van der Waals surface area contributed by atoms with Crippen LogP contribution in [-0.4, -0.2) is 194 Å². The summed E-state index contributed by atoms with van der Waals surface area (Å²) in [6.07, 6.45) is 5.59. The molecule has 642 valence electrons. The lowest BCUT2D eigenvalue weighted by Crippen LogP contribution is -2.48. The molecular weight excluding hydrogens is 1490 g/mol. The van der Waals surface area contributed by atoms with Crippen LogP contribution in [0.1, 0.15) is 147 Å². The lowest BCUT2D eigenvalue weighted by molar-refractivity contribution is 0.00232. The fourth-order valence-electron chi connectivity index (χ4n) is 14.1. The molecule has 24 heteroatoms. The van der Waals surface area contributed by atoms with E-state index in [9.17, 15) is 9.59 Å². The Hall–Kier alpha value is -10.1. The van der Waals surface area contributed by atoms with Gasteiger partial charge in [0.15, 0.2) is 0 Å². The van der Waals surface area contributed by atoms with Crippen molar-refractivity contribution in [2.75, 3.05) is 204 Å². The van der Waals surface area contributed by atoms with Gasteiger partial charge in [-0.15, -0.1) is 0 Å². The van der Waals surface area contributed by atoms with Crippen molar-refractivity contribution < 1.29 is 57.2 Å². The highest BCUT2D eigenvalue weighted by Gasteiger charge is 2.34. The molecule has 7 aromatic carbocycles. The van der Waals surface area contributed by atoms with Crippen LogP contribution in [-0.2, 0) is 28.4 Å². The maximum atomic E-state index is 16.2. The van der Waals surface area contributed by atoms with Crippen LogP contribution < -0.4 is 58.8 Å². The molecule has 0 N–H and O–H groups in total. The molecule has 0 bridgehead atoms. The number of nitrogens with zero attached hydrogens (tertiary/aromatic N) is 12. The topological polar surface area (TPSA) is 197 Å². The van der Waals surface area contributed by atoms with Crippen molar-refractivity contribution >= 4 is 104 Å². The van der Waals surface area contributed by atoms with Crippen molar-refractivity contribution in [3.8, 4) is 0 Å². The summed E-state index contributed by atoms with van der Waals surface area (Å²) in [6, 6.07) is 55.9. The second kappa shape index (κ2) is 52.0. The first-order chi connectivity index (χ1) is 57.4. The second-order valence-corrected chi connectivity index (χ2v) is 29.3. The zero-order valence-electron chi connectivity index (χ0n) is 73.0. The molecule has 118 heavy (non-hydrogen) atoms. The Kier molecular flexibility index (Phi) is 41.9. The summed E-state index contributed by atoms with van der Waals surface area (Å²) in [4.78, 5) is 114. The van der Waals surface area contributed by atoms with Gasteiger partial charge >= 0.3 is 36.2 Å². The van der Waals surface area contributed by atoms with Crippen LogP contribution >= 0.6 is 0 Å². The van der Waals surface area contributed by atoms with E-state index in [1.807, 2.05) is 247 Å². The fraction of sp³-hybridized carbons (Fsp3) is 0.489. The van der Waals surface area contributed by atoms with E-state index in [1.54, 1.807) is 63.2 Å². The van der Waals surface area contributed by atoms with Gasteiger partial charge in [0.25, 0.3) is 0 Å². The number of methoxy groups -OCH3 is 2. The van der Waals surface area contributed by atoms with Crippen molar-refractivity contribution in [3.05, 3.63) is 182 Å². The van der Waals surface area contributed by atoms with E-state index in [0.717, 1.165) is 24.2 Å². The zero-order valence-corrected chi connectivity index (χ0v) is 73.0. The van der Waals surface area contributed by atoms with Gasteiger partial charge in [0, 0.05) is 148 Å². The first-order valence-corrected chi connectivity index (χ1v) is 43.0. The first-order valence-electron chi connectivity index (χ1n) is 43.0. The van der Waals surface area contributed by atoms with Crippen molar-refractivity contribution in [3.63, 3.8) is 0 Å². The highest BCUT2D eigenvalue weighted by atomic mass is 16.5. The van der Waals surface area contributed by atoms with Gasteiger partial charge in [-0.1, -0.05) is 136 Å². The number of carbonyl (C=O) groups excluding carboxylic acids is 6. The third-order valence-corrected chi connectivity index (χ3v) is 19.6. The van der Waals surface area contributed by atoms with E-state index in [0.29, 0.717) is 213 Å². The molecule has 0 saturated heterocycles. The van der Waals surface area contributed by atoms with E-state index in [4.69, 9.17) is 28.4 Å². The Morgan fingerprint density at radius 1 is 0.229 bits per heavy atom. The Balaban J connectivity index is 1.28. The maximum absolute atomic E-state index is 16.2. The van der Waals surface area contributed by atoms with Gasteiger partial charge in [-0.25, -0.2) is 28.8 Å². The summed E-state index contributed by atoms with van der Waals surface area (Å²) < 4.78 is 35.0. The largest absolute Gasteiger partial charge is 0.382 e. The molecule has 0 aliphatic carbocycles. The molecule has 0 aliphatic heterocycles. The van der Waals surface area contributed by atoms with Crippen LogP contribution in [0.4, 0.5) is 97.0 Å². The predicted octanol–water partition coefficient (Wildman–Crippen LogP) is 20.5. The molecule has 0 saturated carbocycles. The third kappa shape index (κ3) is 27.5. The monoisotopic (exact) mass is 1620 g/mol. The number of carbonyl (C=O) groups is 6. The number of hydrogen-bond acceptors (Lipinski definition) is 12. The minimum Gasteiger partial charge on any atom is -0.382 e. The van der Waals surface area contributed by atoms with E-state index in [1.165, 1.54) is 0 Å². The fourth-order valence-corrected chi connectivity index (χ4v) is 14.1. The summed E-state index contributed by atoms with van der Waals surface area (Å²) in [5.74, 6) is 0. The van der Waals surface area contributed by atoms with Crippen molar-refractivity contribution in [2.45, 2.75) is 160 Å². The van der Waals surface area contributed by atoms with E-state index in [2.05, 4.69) is 27.7 Å². The Morgan fingerprint density at radius 3 is 0.593 bits per heavy atom. The molecule has 7 aromatic rings. The maximum Gasteiger partial charge on any atom is 0.329 e. The number of rotatable bonds is 50. The van der Waals surface area contributed by atoms with Crippen LogP contribution in [0.2, 0.25) is 0 Å². The van der Waals surface area contributed by atoms with Gasteiger partial charge in [0.2, 0.25) is 0 Å². The van der Waals surface area contributed by atoms with E-state index < -0.39 is 12.2 Å². The highest BCUT2D eigenvalue weighted by molar-refractivity contribution is 6.10. The van der Waals surface area contributed by atoms with Crippen LogP contribution in [0.25, 0.3) is 0 Å². The van der Waals surface area contributed by atoms with Gasteiger partial charge in [-0.05, 0) is 193 Å². The van der Waals surface area contributed by atoms with Gasteiger partial charge in [-0.2, -0.15) is 0 Å². The number of hydrogen-bond donors (Lipinski definition) is 0. The summed E-state index contributed by atoms with van der Waals surface area (Å²) in [6.45, 7) is 31.2. The number of ether oxygens (including phenoxy) is 6. The van der Waals surface area contributed by atoms with Crippen LogP contribution in [0.15, 0.2) is 182 Å². The van der Waals surface area contributed by atoms with Gasteiger partial charge in [-0.3, -0.25) is 58.8 Å². The number of para-hydroxylation sites is 2. The molecule has 0 aliphatic rings. The average Bonchev–Trinajstić information content (AvgIpc) is 0.796. The second-order valence-electron chi connectivity index (χ2n) is 29.3. The molecular formula is C94H134N12O12. The molecule has 1 unspecified atom stereocenters. The first kappa shape index (κ1) is 95.1. The molecule has 0 radical (unpaired) electrons. The Morgan fingerprint density at radius 2 is 0.398 bits per heavy atom. The molecule has 0 spiro atoms. The van der Waals surface area contributed by atoms with Crippen molar-refractivity contribution in [1.29, 1.82) is 0 Å². The van der Waals surface area contributed by atoms with Gasteiger partial charge in [0.1, 0.15) is 0 Å². The lowest BCUT2D eigenvalue weighted by atomic mass is 10.2. The lowest BCUT2D eigenvalue weighted by Gasteiger charge is -2.35. The van der Waals surface area contributed by atoms with Crippen molar-refractivity contribution in [1.82, 2.24) is 0 Å². The number of amides is 12. The third-order valence-electron chi connectivity index (χ3n) is 19.6. The quantitative estimate of drug-likeness (QED) is 0.0328. The van der Waals surface area contributed by atoms with Gasteiger partial charge < -0.3 is 28.4 Å². The van der Waals surface area contributed by atoms with Crippen LogP contribution in [0.3, 0.4) is 0 Å². The summed E-state index contributed by atoms with van der Waals surface area (Å²) in [7, 11) is 3.24. The minimum atomic E-state index is -0.530. The highest BCUT2D eigenvalue weighted by Crippen LogP contribution is 2.36. The summed E-state index contributed by atoms with van der Waals surface area (Å²) in [5.41, 5.74) is 7.56. The molecule has 2 atom stereocenters. The molecule has 0 aromatic heterocycles. The molecule has 0 fully saturated rings. The standard InChI is InChI=1S/C94H134N12O12/c1-15-50-95(77-36-27-25-28-37-77)89(107)97(52-17-3)79-40-31-42-81(68-79)99(54-19-5)91(109)101(56-21-7)83-44-33-46-85(70-83)103(58-23-9)93(111)105(73-75(11)117-66-64-115-62-60-113-13)87-48-35-49-88(72-87)106(74-76(12)118-67-65-116-63-61-114-14)94(112)104(59-24-10)86-47-34-45-84(71-86)102(57-22-8)92(110)100(55-20-6)82-43-32-41-80(69-82)98(53-18-4)90(108)96(51-16-2)78-38-29-26-30-39-78/h25-49,68-72,75-76H,15-24,50-67,73-74H2,1-14H3/t75-,76?/m1/s1. The van der Waals surface area contributed by atoms with Crippen molar-refractivity contribution in [2.24, 2.45) is 0 Å². The average molecular weight is 1620 g/mol.